The van der Waals surface area contributed by atoms with Gasteiger partial charge in [0.1, 0.15) is 5.60 Å². The number of rotatable bonds is 4. The van der Waals surface area contributed by atoms with Gasteiger partial charge in [-0.25, -0.2) is 18.2 Å². The van der Waals surface area contributed by atoms with Crippen molar-refractivity contribution in [3.05, 3.63) is 23.4 Å². The van der Waals surface area contributed by atoms with E-state index in [1.54, 1.807) is 11.0 Å². The number of pyridine rings is 1. The molecule has 2 aliphatic rings. The summed E-state index contributed by atoms with van der Waals surface area (Å²) in [6.45, 7) is 5.95. The van der Waals surface area contributed by atoms with E-state index in [2.05, 4.69) is 4.98 Å². The monoisotopic (exact) mass is 442 g/mol. The Morgan fingerprint density at radius 2 is 1.90 bits per heavy atom. The van der Waals surface area contributed by atoms with Crippen molar-refractivity contribution in [3.63, 3.8) is 0 Å². The molecule has 1 amide bonds. The molecule has 162 valence electrons. The first kappa shape index (κ1) is 22.3. The summed E-state index contributed by atoms with van der Waals surface area (Å²) in [5, 5.41) is -0.130. The van der Waals surface area contributed by atoms with Crippen LogP contribution in [0.25, 0.3) is 0 Å². The zero-order valence-corrected chi connectivity index (χ0v) is 19.1. The molecule has 2 heterocycles. The topological polar surface area (TPSA) is 76.6 Å². The maximum absolute atomic E-state index is 12.9. The summed E-state index contributed by atoms with van der Waals surface area (Å²) in [5.41, 5.74) is 0.981. The Labute approximate surface area is 178 Å². The molecule has 1 aliphatic carbocycles. The summed E-state index contributed by atoms with van der Waals surface area (Å²) in [6.07, 6.45) is 8.50. The van der Waals surface area contributed by atoms with Crippen molar-refractivity contribution in [1.82, 2.24) is 9.88 Å². The lowest BCUT2D eigenvalue weighted by molar-refractivity contribution is 0.00986. The highest BCUT2D eigenvalue weighted by molar-refractivity contribution is 8.13. The van der Waals surface area contributed by atoms with E-state index in [0.29, 0.717) is 24.6 Å². The van der Waals surface area contributed by atoms with E-state index in [0.717, 1.165) is 18.4 Å². The van der Waals surface area contributed by atoms with E-state index in [-0.39, 0.29) is 17.2 Å². The van der Waals surface area contributed by atoms with Gasteiger partial charge in [-0.15, -0.1) is 0 Å². The molecular weight excluding hydrogens is 412 g/mol. The summed E-state index contributed by atoms with van der Waals surface area (Å²) >= 11 is 0. The minimum atomic E-state index is -3.88. The zero-order chi connectivity index (χ0) is 21.2. The van der Waals surface area contributed by atoms with E-state index >= 15 is 0 Å². The van der Waals surface area contributed by atoms with Crippen LogP contribution < -0.4 is 0 Å². The number of carbonyl (C=O) groups is 1. The number of hydrogen-bond acceptors (Lipinski definition) is 5. The highest BCUT2D eigenvalue weighted by atomic mass is 35.7. The first-order valence-corrected chi connectivity index (χ1v) is 12.8. The molecule has 0 spiro atoms. The molecule has 1 aromatic rings. The first-order valence-electron chi connectivity index (χ1n) is 10.5. The van der Waals surface area contributed by atoms with Crippen molar-refractivity contribution < 1.29 is 17.9 Å². The smallest absolute Gasteiger partial charge is 0.410 e. The maximum atomic E-state index is 12.9. The van der Waals surface area contributed by atoms with Gasteiger partial charge in [0.15, 0.2) is 5.03 Å². The van der Waals surface area contributed by atoms with Crippen LogP contribution >= 0.6 is 10.7 Å². The average Bonchev–Trinajstić information content (AvgIpc) is 2.64. The number of nitrogens with zero attached hydrogens (tertiary/aromatic N) is 2. The van der Waals surface area contributed by atoms with Gasteiger partial charge in [0.05, 0.1) is 6.54 Å². The normalized spacial score (nSPS) is 21.0. The minimum absolute atomic E-state index is 0.0555. The van der Waals surface area contributed by atoms with Crippen LogP contribution in [0.5, 0.6) is 0 Å². The molecule has 29 heavy (non-hydrogen) atoms. The number of halogens is 1. The Morgan fingerprint density at radius 1 is 1.21 bits per heavy atom. The van der Waals surface area contributed by atoms with Gasteiger partial charge in [-0.3, -0.25) is 0 Å². The minimum Gasteiger partial charge on any atom is -0.444 e. The third-order valence-electron chi connectivity index (χ3n) is 5.76. The van der Waals surface area contributed by atoms with Gasteiger partial charge in [0, 0.05) is 28.8 Å². The molecule has 6 nitrogen and oxygen atoms in total. The van der Waals surface area contributed by atoms with E-state index in [9.17, 15) is 13.2 Å². The number of ether oxygens (including phenoxy) is 1. The van der Waals surface area contributed by atoms with E-state index in [1.807, 2.05) is 20.8 Å². The average molecular weight is 443 g/mol. The van der Waals surface area contributed by atoms with Gasteiger partial charge in [-0.05, 0) is 51.2 Å². The molecule has 0 radical (unpaired) electrons. The Hall–Kier alpha value is -1.34. The Balaban J connectivity index is 1.81. The van der Waals surface area contributed by atoms with Gasteiger partial charge in [0.25, 0.3) is 9.05 Å². The standard InChI is InChI=1S/C21H31ClN2O4S/c1-21(2,3)28-20(25)24-14-16-10-12-19(29(22,26)27)23-18(16)13-17(24)11-9-15-7-5-4-6-8-15/h10,12,15,17H,4-9,11,13-14H2,1-3H3. The molecule has 0 saturated heterocycles. The Kier molecular flexibility index (Phi) is 6.78. The molecule has 3 rings (SSSR count). The molecule has 0 N–H and O–H groups in total. The summed E-state index contributed by atoms with van der Waals surface area (Å²) in [4.78, 5) is 19.0. The van der Waals surface area contributed by atoms with Crippen LogP contribution in [-0.4, -0.2) is 36.0 Å². The quantitative estimate of drug-likeness (QED) is 0.611. The van der Waals surface area contributed by atoms with Crippen LogP contribution in [0.4, 0.5) is 4.79 Å². The molecule has 1 saturated carbocycles. The number of hydrogen-bond donors (Lipinski definition) is 0. The van der Waals surface area contributed by atoms with Crippen molar-refractivity contribution in [2.75, 3.05) is 0 Å². The van der Waals surface area contributed by atoms with Crippen molar-refractivity contribution in [2.45, 2.75) is 95.4 Å². The lowest BCUT2D eigenvalue weighted by atomic mass is 9.84. The van der Waals surface area contributed by atoms with Gasteiger partial charge >= 0.3 is 6.09 Å². The first-order chi connectivity index (χ1) is 13.5. The molecule has 0 bridgehead atoms. The third-order valence-corrected chi connectivity index (χ3v) is 6.97. The van der Waals surface area contributed by atoms with Crippen molar-refractivity contribution in [2.24, 2.45) is 5.92 Å². The number of fused-ring (bicyclic) bond motifs is 1. The SMILES string of the molecule is CC(C)(C)OC(=O)N1Cc2ccc(S(=O)(=O)Cl)nc2CC1CCC1CCCCC1. The number of aromatic nitrogens is 1. The van der Waals surface area contributed by atoms with E-state index in [1.165, 1.54) is 38.2 Å². The maximum Gasteiger partial charge on any atom is 0.410 e. The molecule has 1 aliphatic heterocycles. The highest BCUT2D eigenvalue weighted by Crippen LogP contribution is 2.32. The second-order valence-corrected chi connectivity index (χ2v) is 11.8. The number of carbonyl (C=O) groups excluding carboxylic acids is 1. The second kappa shape index (κ2) is 8.80. The molecule has 0 aromatic carbocycles. The van der Waals surface area contributed by atoms with Crippen molar-refractivity contribution in [1.29, 1.82) is 0 Å². The lowest BCUT2D eigenvalue weighted by Crippen LogP contribution is -2.47. The van der Waals surface area contributed by atoms with Gasteiger partial charge in [0.2, 0.25) is 0 Å². The molecule has 1 fully saturated rings. The van der Waals surface area contributed by atoms with Gasteiger partial charge < -0.3 is 9.64 Å². The second-order valence-electron chi connectivity index (χ2n) is 9.24. The molecule has 1 unspecified atom stereocenters. The Bertz CT molecular complexity index is 845. The largest absolute Gasteiger partial charge is 0.444 e. The van der Waals surface area contributed by atoms with Crippen LogP contribution in [0.15, 0.2) is 17.2 Å². The summed E-state index contributed by atoms with van der Waals surface area (Å²) in [6, 6.07) is 3.04. The molecule has 1 aromatic heterocycles. The van der Waals surface area contributed by atoms with Crippen molar-refractivity contribution >= 4 is 25.8 Å². The number of amides is 1. The highest BCUT2D eigenvalue weighted by Gasteiger charge is 2.34. The summed E-state index contributed by atoms with van der Waals surface area (Å²) in [7, 11) is 1.60. The van der Waals surface area contributed by atoms with Crippen LogP contribution in [0.2, 0.25) is 0 Å². The fourth-order valence-corrected chi connectivity index (χ4v) is 5.02. The van der Waals surface area contributed by atoms with Crippen LogP contribution in [0.3, 0.4) is 0 Å². The van der Waals surface area contributed by atoms with E-state index < -0.39 is 14.7 Å². The molecule has 8 heteroatoms. The van der Waals surface area contributed by atoms with Gasteiger partial charge in [-0.1, -0.05) is 38.2 Å². The summed E-state index contributed by atoms with van der Waals surface area (Å²) < 4.78 is 29.0. The Morgan fingerprint density at radius 3 is 2.52 bits per heavy atom. The molecule has 1 atom stereocenters. The fourth-order valence-electron chi connectivity index (χ4n) is 4.31. The van der Waals surface area contributed by atoms with Crippen LogP contribution in [-0.2, 0) is 26.8 Å². The van der Waals surface area contributed by atoms with Crippen LogP contribution in [0.1, 0.15) is 77.0 Å². The van der Waals surface area contributed by atoms with Gasteiger partial charge in [-0.2, -0.15) is 0 Å². The summed E-state index contributed by atoms with van der Waals surface area (Å²) in [5.74, 6) is 0.702. The van der Waals surface area contributed by atoms with Crippen molar-refractivity contribution in [3.8, 4) is 0 Å². The third kappa shape index (κ3) is 6.07. The fraction of sp³-hybridized carbons (Fsp3) is 0.714. The predicted molar refractivity (Wildman–Crippen MR) is 112 cm³/mol. The lowest BCUT2D eigenvalue weighted by Gasteiger charge is -2.38. The van der Waals surface area contributed by atoms with Crippen LogP contribution in [0, 0.1) is 5.92 Å². The predicted octanol–water partition coefficient (Wildman–Crippen LogP) is 5.03. The van der Waals surface area contributed by atoms with E-state index in [4.69, 9.17) is 15.4 Å². The molecular formula is C21H31ClN2O4S. The zero-order valence-electron chi connectivity index (χ0n) is 17.5.